The molecule has 24 heavy (non-hydrogen) atoms. The molecule has 0 spiro atoms. The topological polar surface area (TPSA) is 110 Å². The van der Waals surface area contributed by atoms with E-state index in [9.17, 15) is 18.0 Å². The molecule has 7 nitrogen and oxygen atoms in total. The third kappa shape index (κ3) is 4.33. The van der Waals surface area contributed by atoms with E-state index in [4.69, 9.17) is 5.11 Å². The summed E-state index contributed by atoms with van der Waals surface area (Å²) >= 11 is 1.07. The van der Waals surface area contributed by atoms with Gasteiger partial charge in [0.05, 0.1) is 17.7 Å². The zero-order valence-electron chi connectivity index (χ0n) is 12.7. The molecule has 0 unspecified atom stereocenters. The quantitative estimate of drug-likeness (QED) is 0.725. The van der Waals surface area contributed by atoms with Crippen molar-refractivity contribution in [1.82, 2.24) is 0 Å². The third-order valence-corrected chi connectivity index (χ3v) is 5.42. The first-order valence-corrected chi connectivity index (χ1v) is 9.19. The van der Waals surface area contributed by atoms with Gasteiger partial charge in [-0.3, -0.25) is 9.52 Å². The van der Waals surface area contributed by atoms with E-state index in [1.165, 1.54) is 25.3 Å². The Balaban J connectivity index is 2.17. The molecule has 0 radical (unpaired) electrons. The molecule has 2 rings (SSSR count). The van der Waals surface area contributed by atoms with E-state index in [2.05, 4.69) is 9.46 Å². The molecule has 1 aromatic heterocycles. The second kappa shape index (κ2) is 7.45. The number of anilines is 1. The lowest BCUT2D eigenvalue weighted by atomic mass is 10.1. The molecule has 0 aliphatic rings. The minimum atomic E-state index is -3.86. The van der Waals surface area contributed by atoms with Crippen LogP contribution >= 0.6 is 11.3 Å². The molecule has 1 aromatic carbocycles. The van der Waals surface area contributed by atoms with Crippen molar-refractivity contribution in [3.63, 3.8) is 0 Å². The van der Waals surface area contributed by atoms with E-state index in [0.29, 0.717) is 6.42 Å². The van der Waals surface area contributed by atoms with Gasteiger partial charge in [-0.05, 0) is 35.6 Å². The van der Waals surface area contributed by atoms with E-state index < -0.39 is 22.0 Å². The van der Waals surface area contributed by atoms with Crippen LogP contribution in [0, 0.1) is 0 Å². The number of sulfonamides is 1. The van der Waals surface area contributed by atoms with Crippen LogP contribution in [0.3, 0.4) is 0 Å². The number of carbonyl (C=O) groups is 2. The first-order valence-electron chi connectivity index (χ1n) is 6.83. The van der Waals surface area contributed by atoms with Gasteiger partial charge in [0.25, 0.3) is 10.0 Å². The lowest BCUT2D eigenvalue weighted by Gasteiger charge is -2.09. The van der Waals surface area contributed by atoms with Gasteiger partial charge in [0.1, 0.15) is 4.88 Å². The molecule has 0 aliphatic heterocycles. The molecule has 0 saturated heterocycles. The SMILES string of the molecule is COC(=O)c1sccc1NS(=O)(=O)c1ccc(CCC(=O)O)cc1. The Hall–Kier alpha value is -2.39. The highest BCUT2D eigenvalue weighted by Crippen LogP contribution is 2.26. The lowest BCUT2D eigenvalue weighted by molar-refractivity contribution is -0.136. The van der Waals surface area contributed by atoms with Crippen LogP contribution in [-0.4, -0.2) is 32.6 Å². The summed E-state index contributed by atoms with van der Waals surface area (Å²) in [6.45, 7) is 0. The number of carboxylic acids is 1. The molecular formula is C15H15NO6S2. The van der Waals surface area contributed by atoms with Crippen molar-refractivity contribution in [3.05, 3.63) is 46.2 Å². The first-order chi connectivity index (χ1) is 11.3. The number of thiophene rings is 1. The number of benzene rings is 1. The van der Waals surface area contributed by atoms with Gasteiger partial charge in [0, 0.05) is 6.42 Å². The number of hydrogen-bond donors (Lipinski definition) is 2. The number of nitrogens with one attached hydrogen (secondary N) is 1. The van der Waals surface area contributed by atoms with Gasteiger partial charge in [-0.2, -0.15) is 0 Å². The summed E-state index contributed by atoms with van der Waals surface area (Å²) < 4.78 is 31.7. The summed E-state index contributed by atoms with van der Waals surface area (Å²) in [6, 6.07) is 7.39. The number of carboxylic acid groups (broad SMARTS) is 1. The van der Waals surface area contributed by atoms with Gasteiger partial charge >= 0.3 is 11.9 Å². The maximum atomic E-state index is 12.4. The standard InChI is InChI=1S/C15H15NO6S2/c1-22-15(19)14-12(8-9-23-14)16-24(20,21)11-5-2-10(3-6-11)4-7-13(17)18/h2-3,5-6,8-9,16H,4,7H2,1H3,(H,17,18). The molecule has 9 heteroatoms. The van der Waals surface area contributed by atoms with Crippen molar-refractivity contribution in [3.8, 4) is 0 Å². The fourth-order valence-electron chi connectivity index (χ4n) is 1.93. The van der Waals surface area contributed by atoms with Crippen LogP contribution < -0.4 is 4.72 Å². The Morgan fingerprint density at radius 2 is 1.88 bits per heavy atom. The summed E-state index contributed by atoms with van der Waals surface area (Å²) in [5.74, 6) is -1.53. The smallest absolute Gasteiger partial charge is 0.350 e. The number of aliphatic carboxylic acids is 1. The first kappa shape index (κ1) is 18.0. The third-order valence-electron chi connectivity index (χ3n) is 3.14. The number of esters is 1. The minimum Gasteiger partial charge on any atom is -0.481 e. The van der Waals surface area contributed by atoms with Gasteiger partial charge < -0.3 is 9.84 Å². The summed E-state index contributed by atoms with van der Waals surface area (Å²) in [5.41, 5.74) is 0.879. The second-order valence-corrected chi connectivity index (χ2v) is 7.40. The monoisotopic (exact) mass is 369 g/mol. The Morgan fingerprint density at radius 1 is 1.21 bits per heavy atom. The second-order valence-electron chi connectivity index (χ2n) is 4.80. The van der Waals surface area contributed by atoms with Crippen LogP contribution in [0.25, 0.3) is 0 Å². The van der Waals surface area contributed by atoms with E-state index in [-0.39, 0.29) is 21.9 Å². The van der Waals surface area contributed by atoms with Crippen LogP contribution in [0.15, 0.2) is 40.6 Å². The highest BCUT2D eigenvalue weighted by Gasteiger charge is 2.20. The Labute approximate surface area is 142 Å². The average Bonchev–Trinajstić information content (AvgIpc) is 3.00. The molecular weight excluding hydrogens is 354 g/mol. The maximum Gasteiger partial charge on any atom is 0.350 e. The highest BCUT2D eigenvalue weighted by molar-refractivity contribution is 7.92. The van der Waals surface area contributed by atoms with Crippen LogP contribution in [0.2, 0.25) is 0 Å². The number of carbonyl (C=O) groups excluding carboxylic acids is 1. The van der Waals surface area contributed by atoms with E-state index in [1.807, 2.05) is 0 Å². The van der Waals surface area contributed by atoms with Crippen LogP contribution in [0.5, 0.6) is 0 Å². The van der Waals surface area contributed by atoms with Crippen molar-refractivity contribution in [2.75, 3.05) is 11.8 Å². The van der Waals surface area contributed by atoms with Crippen molar-refractivity contribution in [1.29, 1.82) is 0 Å². The molecule has 0 bridgehead atoms. The van der Waals surface area contributed by atoms with E-state index >= 15 is 0 Å². The summed E-state index contributed by atoms with van der Waals surface area (Å²) in [6.07, 6.45) is 0.294. The molecule has 1 heterocycles. The van der Waals surface area contributed by atoms with E-state index in [0.717, 1.165) is 16.9 Å². The van der Waals surface area contributed by atoms with E-state index in [1.54, 1.807) is 17.5 Å². The summed E-state index contributed by atoms with van der Waals surface area (Å²) in [4.78, 5) is 22.3. The molecule has 0 saturated carbocycles. The zero-order valence-corrected chi connectivity index (χ0v) is 14.3. The van der Waals surface area contributed by atoms with Gasteiger partial charge in [-0.25, -0.2) is 13.2 Å². The lowest BCUT2D eigenvalue weighted by Crippen LogP contribution is -2.14. The van der Waals surface area contributed by atoms with Gasteiger partial charge in [0.15, 0.2) is 0 Å². The number of aryl methyl sites for hydroxylation is 1. The highest BCUT2D eigenvalue weighted by atomic mass is 32.2. The molecule has 2 aromatic rings. The predicted octanol–water partition coefficient (Wildman–Crippen LogP) is 2.35. The number of ether oxygens (including phenoxy) is 1. The van der Waals surface area contributed by atoms with Gasteiger partial charge in [0.2, 0.25) is 0 Å². The largest absolute Gasteiger partial charge is 0.481 e. The minimum absolute atomic E-state index is 0.0172. The number of methoxy groups -OCH3 is 1. The molecule has 0 amide bonds. The summed E-state index contributed by atoms with van der Waals surface area (Å²) in [5, 5.41) is 10.2. The Kier molecular flexibility index (Phi) is 5.58. The van der Waals surface area contributed by atoms with Crippen LogP contribution in [0.1, 0.15) is 21.7 Å². The zero-order chi connectivity index (χ0) is 17.7. The Bertz CT molecular complexity index is 839. The van der Waals surface area contributed by atoms with Gasteiger partial charge in [-0.15, -0.1) is 11.3 Å². The average molecular weight is 369 g/mol. The maximum absolute atomic E-state index is 12.4. The number of hydrogen-bond acceptors (Lipinski definition) is 6. The van der Waals surface area contributed by atoms with Crippen LogP contribution in [0.4, 0.5) is 5.69 Å². The van der Waals surface area contributed by atoms with Crippen molar-refractivity contribution in [2.45, 2.75) is 17.7 Å². The molecule has 2 N–H and O–H groups in total. The fourth-order valence-corrected chi connectivity index (χ4v) is 3.83. The fraction of sp³-hybridized carbons (Fsp3) is 0.200. The normalized spacial score (nSPS) is 11.0. The molecule has 0 aliphatic carbocycles. The molecule has 0 fully saturated rings. The molecule has 128 valence electrons. The van der Waals surface area contributed by atoms with Crippen molar-refractivity contribution in [2.24, 2.45) is 0 Å². The van der Waals surface area contributed by atoms with Crippen molar-refractivity contribution < 1.29 is 27.9 Å². The van der Waals surface area contributed by atoms with Gasteiger partial charge in [-0.1, -0.05) is 12.1 Å². The van der Waals surface area contributed by atoms with Crippen molar-refractivity contribution >= 4 is 39.0 Å². The number of rotatable bonds is 7. The Morgan fingerprint density at radius 3 is 2.46 bits per heavy atom. The summed E-state index contributed by atoms with van der Waals surface area (Å²) in [7, 11) is -2.64. The van der Waals surface area contributed by atoms with Crippen LogP contribution in [-0.2, 0) is 26.0 Å². The predicted molar refractivity (Wildman–Crippen MR) is 88.9 cm³/mol. The molecule has 0 atom stereocenters.